The first-order valence-corrected chi connectivity index (χ1v) is 7.80. The number of aromatic hydroxyl groups is 1. The van der Waals surface area contributed by atoms with E-state index in [1.54, 1.807) is 6.07 Å². The van der Waals surface area contributed by atoms with Crippen molar-refractivity contribution in [3.8, 4) is 5.75 Å². The lowest BCUT2D eigenvalue weighted by Crippen LogP contribution is -2.48. The van der Waals surface area contributed by atoms with Crippen LogP contribution in [0, 0.1) is 0 Å². The molecule has 0 aliphatic carbocycles. The number of rotatable bonds is 3. The van der Waals surface area contributed by atoms with Crippen LogP contribution in [-0.2, 0) is 6.54 Å². The van der Waals surface area contributed by atoms with Gasteiger partial charge in [0.2, 0.25) is 0 Å². The highest BCUT2D eigenvalue weighted by Crippen LogP contribution is 2.27. The molecule has 1 amide bonds. The van der Waals surface area contributed by atoms with E-state index in [0.29, 0.717) is 38.3 Å². The first-order valence-electron chi connectivity index (χ1n) is 7.80. The van der Waals surface area contributed by atoms with E-state index in [0.717, 1.165) is 11.3 Å². The maximum absolute atomic E-state index is 12.5. The monoisotopic (exact) mass is 311 g/mol. The zero-order chi connectivity index (χ0) is 16.2. The topological polar surface area (TPSA) is 69.8 Å². The van der Waals surface area contributed by atoms with Crippen LogP contribution in [0.15, 0.2) is 48.5 Å². The maximum atomic E-state index is 12.5. The Hall–Kier alpha value is -2.53. The van der Waals surface area contributed by atoms with Gasteiger partial charge in [0.15, 0.2) is 0 Å². The van der Waals surface area contributed by atoms with Gasteiger partial charge in [0.05, 0.1) is 5.69 Å². The van der Waals surface area contributed by atoms with Crippen LogP contribution in [0.5, 0.6) is 5.75 Å². The lowest BCUT2D eigenvalue weighted by molar-refractivity contribution is 0.0746. The minimum absolute atomic E-state index is 0.0468. The molecule has 23 heavy (non-hydrogen) atoms. The zero-order valence-electron chi connectivity index (χ0n) is 13.0. The molecule has 0 bridgehead atoms. The van der Waals surface area contributed by atoms with Crippen LogP contribution in [0.4, 0.5) is 5.69 Å². The minimum atomic E-state index is 0.0468. The molecule has 2 aromatic carbocycles. The summed E-state index contributed by atoms with van der Waals surface area (Å²) < 4.78 is 0. The average Bonchev–Trinajstić information content (AvgIpc) is 2.62. The predicted molar refractivity (Wildman–Crippen MR) is 90.6 cm³/mol. The lowest BCUT2D eigenvalue weighted by Gasteiger charge is -2.36. The molecule has 3 rings (SSSR count). The summed E-state index contributed by atoms with van der Waals surface area (Å²) in [5.41, 5.74) is 8.12. The summed E-state index contributed by atoms with van der Waals surface area (Å²) in [6.45, 7) is 3.19. The fourth-order valence-electron chi connectivity index (χ4n) is 2.85. The van der Waals surface area contributed by atoms with E-state index in [1.807, 2.05) is 47.4 Å². The molecule has 2 aromatic rings. The third kappa shape index (κ3) is 3.29. The summed E-state index contributed by atoms with van der Waals surface area (Å²) in [4.78, 5) is 16.5. The van der Waals surface area contributed by atoms with Gasteiger partial charge in [-0.3, -0.25) is 4.79 Å². The van der Waals surface area contributed by atoms with Crippen molar-refractivity contribution in [2.24, 2.45) is 5.73 Å². The Morgan fingerprint density at radius 3 is 2.26 bits per heavy atom. The van der Waals surface area contributed by atoms with Crippen molar-refractivity contribution >= 4 is 11.6 Å². The van der Waals surface area contributed by atoms with E-state index in [2.05, 4.69) is 4.90 Å². The second-order valence-corrected chi connectivity index (χ2v) is 5.67. The standard InChI is InChI=1S/C18H21N3O2/c19-13-14-5-7-15(8-6-14)18(23)21-11-9-20(10-12-21)16-3-1-2-4-17(16)22/h1-8,22H,9-13,19H2. The Kier molecular flexibility index (Phi) is 4.48. The summed E-state index contributed by atoms with van der Waals surface area (Å²) in [7, 11) is 0. The summed E-state index contributed by atoms with van der Waals surface area (Å²) in [6, 6.07) is 14.8. The van der Waals surface area contributed by atoms with Crippen LogP contribution in [0.2, 0.25) is 0 Å². The van der Waals surface area contributed by atoms with Gasteiger partial charge in [-0.15, -0.1) is 0 Å². The van der Waals surface area contributed by atoms with E-state index in [4.69, 9.17) is 5.73 Å². The van der Waals surface area contributed by atoms with Crippen molar-refractivity contribution in [1.82, 2.24) is 4.90 Å². The van der Waals surface area contributed by atoms with Crippen LogP contribution in [-0.4, -0.2) is 42.1 Å². The fraction of sp³-hybridized carbons (Fsp3) is 0.278. The number of phenolic OH excluding ortho intramolecular Hbond substituents is 1. The van der Waals surface area contributed by atoms with Gasteiger partial charge in [0.25, 0.3) is 5.91 Å². The molecule has 0 radical (unpaired) electrons. The number of para-hydroxylation sites is 2. The molecule has 3 N–H and O–H groups in total. The largest absolute Gasteiger partial charge is 0.506 e. The lowest BCUT2D eigenvalue weighted by atomic mass is 10.1. The number of phenols is 1. The van der Waals surface area contributed by atoms with Crippen LogP contribution in [0.25, 0.3) is 0 Å². The van der Waals surface area contributed by atoms with Gasteiger partial charge in [0.1, 0.15) is 5.75 Å². The normalized spacial score (nSPS) is 14.8. The molecule has 0 atom stereocenters. The van der Waals surface area contributed by atoms with Crippen LogP contribution >= 0.6 is 0 Å². The minimum Gasteiger partial charge on any atom is -0.506 e. The summed E-state index contributed by atoms with van der Waals surface area (Å²) in [5.74, 6) is 0.329. The van der Waals surface area contributed by atoms with Crippen molar-refractivity contribution in [3.63, 3.8) is 0 Å². The third-order valence-electron chi connectivity index (χ3n) is 4.23. The summed E-state index contributed by atoms with van der Waals surface area (Å²) in [5, 5.41) is 9.93. The Morgan fingerprint density at radius 1 is 1.00 bits per heavy atom. The molecule has 1 aliphatic heterocycles. The highest BCUT2D eigenvalue weighted by molar-refractivity contribution is 5.94. The second kappa shape index (κ2) is 6.71. The molecule has 0 aromatic heterocycles. The number of carbonyl (C=O) groups excluding carboxylic acids is 1. The SMILES string of the molecule is NCc1ccc(C(=O)N2CCN(c3ccccc3O)CC2)cc1. The smallest absolute Gasteiger partial charge is 0.253 e. The van der Waals surface area contributed by atoms with Crippen LogP contribution < -0.4 is 10.6 Å². The summed E-state index contributed by atoms with van der Waals surface area (Å²) >= 11 is 0. The van der Waals surface area contributed by atoms with Gasteiger partial charge in [0, 0.05) is 38.3 Å². The molecule has 0 saturated carbocycles. The van der Waals surface area contributed by atoms with Crippen LogP contribution in [0.3, 0.4) is 0 Å². The maximum Gasteiger partial charge on any atom is 0.253 e. The highest BCUT2D eigenvalue weighted by Gasteiger charge is 2.23. The number of piperazine rings is 1. The molecule has 1 fully saturated rings. The predicted octanol–water partition coefficient (Wildman–Crippen LogP) is 1.81. The van der Waals surface area contributed by atoms with Gasteiger partial charge < -0.3 is 20.6 Å². The van der Waals surface area contributed by atoms with Crippen molar-refractivity contribution in [3.05, 3.63) is 59.7 Å². The molecule has 5 heteroatoms. The van der Waals surface area contributed by atoms with Crippen molar-refractivity contribution in [2.75, 3.05) is 31.1 Å². The quantitative estimate of drug-likeness (QED) is 0.907. The first-order chi connectivity index (χ1) is 11.2. The van der Waals surface area contributed by atoms with Gasteiger partial charge >= 0.3 is 0 Å². The highest BCUT2D eigenvalue weighted by atomic mass is 16.3. The van der Waals surface area contributed by atoms with E-state index < -0.39 is 0 Å². The molecule has 120 valence electrons. The molecule has 0 spiro atoms. The number of nitrogens with two attached hydrogens (primary N) is 1. The van der Waals surface area contributed by atoms with E-state index in [-0.39, 0.29) is 11.7 Å². The van der Waals surface area contributed by atoms with Crippen molar-refractivity contribution < 1.29 is 9.90 Å². The van der Waals surface area contributed by atoms with Crippen molar-refractivity contribution in [2.45, 2.75) is 6.54 Å². The molecule has 1 heterocycles. The first kappa shape index (κ1) is 15.4. The molecule has 0 unspecified atom stereocenters. The zero-order valence-corrected chi connectivity index (χ0v) is 13.0. The molecule has 1 aliphatic rings. The fourth-order valence-corrected chi connectivity index (χ4v) is 2.85. The van der Waals surface area contributed by atoms with E-state index in [9.17, 15) is 9.90 Å². The number of hydrogen-bond acceptors (Lipinski definition) is 4. The summed E-state index contributed by atoms with van der Waals surface area (Å²) in [6.07, 6.45) is 0. The molecular weight excluding hydrogens is 290 g/mol. The Morgan fingerprint density at radius 2 is 1.65 bits per heavy atom. The third-order valence-corrected chi connectivity index (χ3v) is 4.23. The number of carbonyl (C=O) groups is 1. The number of nitrogens with zero attached hydrogens (tertiary/aromatic N) is 2. The number of amides is 1. The Labute approximate surface area is 135 Å². The average molecular weight is 311 g/mol. The molecule has 1 saturated heterocycles. The number of hydrogen-bond donors (Lipinski definition) is 2. The van der Waals surface area contributed by atoms with E-state index in [1.165, 1.54) is 0 Å². The van der Waals surface area contributed by atoms with Gasteiger partial charge in [-0.2, -0.15) is 0 Å². The van der Waals surface area contributed by atoms with E-state index >= 15 is 0 Å². The van der Waals surface area contributed by atoms with Gasteiger partial charge in [-0.1, -0.05) is 24.3 Å². The van der Waals surface area contributed by atoms with Gasteiger partial charge in [-0.05, 0) is 29.8 Å². The Bertz CT molecular complexity index is 677. The molecule has 5 nitrogen and oxygen atoms in total. The molecular formula is C18H21N3O2. The van der Waals surface area contributed by atoms with Gasteiger partial charge in [-0.25, -0.2) is 0 Å². The second-order valence-electron chi connectivity index (χ2n) is 5.67. The number of anilines is 1. The Balaban J connectivity index is 1.64. The van der Waals surface area contributed by atoms with Crippen molar-refractivity contribution in [1.29, 1.82) is 0 Å². The number of benzene rings is 2. The van der Waals surface area contributed by atoms with Crippen LogP contribution in [0.1, 0.15) is 15.9 Å².